The van der Waals surface area contributed by atoms with Crippen molar-refractivity contribution in [1.82, 2.24) is 0 Å². The summed E-state index contributed by atoms with van der Waals surface area (Å²) < 4.78 is 38.7. The Bertz CT molecular complexity index is 882. The largest absolute Gasteiger partial charge is 0.416 e. The van der Waals surface area contributed by atoms with Crippen LogP contribution in [-0.4, -0.2) is 38.1 Å². The maximum Gasteiger partial charge on any atom is 0.416 e. The van der Waals surface area contributed by atoms with Gasteiger partial charge in [-0.2, -0.15) is 18.4 Å². The molecule has 2 N–H and O–H groups in total. The number of anilines is 2. The third-order valence-corrected chi connectivity index (χ3v) is 5.80. The first-order valence-corrected chi connectivity index (χ1v) is 9.73. The smallest absolute Gasteiger partial charge is 0.360 e. The van der Waals surface area contributed by atoms with E-state index in [0.29, 0.717) is 42.4 Å². The van der Waals surface area contributed by atoms with Gasteiger partial charge in [-0.25, -0.2) is 0 Å². The molecule has 5 nitrogen and oxygen atoms in total. The summed E-state index contributed by atoms with van der Waals surface area (Å²) in [5.74, 6) is -0.165. The number of nitrogens with zero attached hydrogens (tertiary/aromatic N) is 2. The van der Waals surface area contributed by atoms with E-state index in [0.717, 1.165) is 11.0 Å². The van der Waals surface area contributed by atoms with Gasteiger partial charge in [0, 0.05) is 5.69 Å². The number of piperazine rings is 1. The van der Waals surface area contributed by atoms with Gasteiger partial charge in [-0.15, -0.1) is 11.3 Å². The number of benzene rings is 1. The van der Waals surface area contributed by atoms with E-state index in [2.05, 4.69) is 5.32 Å². The van der Waals surface area contributed by atoms with Gasteiger partial charge >= 0.3 is 6.18 Å². The fourth-order valence-corrected chi connectivity index (χ4v) is 4.00. The second kappa shape index (κ2) is 8.20. The summed E-state index contributed by atoms with van der Waals surface area (Å²) >= 11 is 1.30. The molecule has 1 aromatic carbocycles. The van der Waals surface area contributed by atoms with Crippen LogP contribution in [0.3, 0.4) is 0 Å². The first-order chi connectivity index (χ1) is 13.3. The SMILES string of the molecule is C[C@H](C(=O)Nc1sccc1C#N)[NH+]1CCN(c2cccc(C(F)(F)F)c2)CC1. The third kappa shape index (κ3) is 4.46. The van der Waals surface area contributed by atoms with Crippen molar-refractivity contribution in [2.24, 2.45) is 0 Å². The number of rotatable bonds is 4. The van der Waals surface area contributed by atoms with Crippen molar-refractivity contribution in [3.63, 3.8) is 0 Å². The molecule has 0 unspecified atom stereocenters. The number of nitriles is 1. The lowest BCUT2D eigenvalue weighted by Gasteiger charge is -2.36. The summed E-state index contributed by atoms with van der Waals surface area (Å²) in [6.45, 7) is 4.23. The lowest BCUT2D eigenvalue weighted by Crippen LogP contribution is -3.19. The van der Waals surface area contributed by atoms with Crippen LogP contribution >= 0.6 is 11.3 Å². The van der Waals surface area contributed by atoms with Gasteiger partial charge in [0.25, 0.3) is 5.91 Å². The number of hydrogen-bond donors (Lipinski definition) is 2. The summed E-state index contributed by atoms with van der Waals surface area (Å²) in [4.78, 5) is 15.5. The minimum Gasteiger partial charge on any atom is -0.360 e. The first-order valence-electron chi connectivity index (χ1n) is 8.85. The number of carbonyl (C=O) groups is 1. The molecule has 1 aliphatic heterocycles. The van der Waals surface area contributed by atoms with Crippen molar-refractivity contribution < 1.29 is 22.9 Å². The van der Waals surface area contributed by atoms with Gasteiger partial charge in [-0.05, 0) is 36.6 Å². The van der Waals surface area contributed by atoms with E-state index in [1.54, 1.807) is 17.5 Å². The summed E-state index contributed by atoms with van der Waals surface area (Å²) in [7, 11) is 0. The van der Waals surface area contributed by atoms with Crippen LogP contribution < -0.4 is 15.1 Å². The summed E-state index contributed by atoms with van der Waals surface area (Å²) in [5, 5.41) is 14.1. The van der Waals surface area contributed by atoms with Gasteiger partial charge in [0.2, 0.25) is 0 Å². The van der Waals surface area contributed by atoms with Crippen LogP contribution in [0.4, 0.5) is 23.9 Å². The third-order valence-electron chi connectivity index (χ3n) is 4.97. The molecule has 2 aromatic rings. The molecule has 0 bridgehead atoms. The average Bonchev–Trinajstić information content (AvgIpc) is 3.14. The number of alkyl halides is 3. The molecule has 28 heavy (non-hydrogen) atoms. The van der Waals surface area contributed by atoms with Crippen LogP contribution in [0.2, 0.25) is 0 Å². The number of quaternary nitrogens is 1. The number of amides is 1. The minimum atomic E-state index is -4.36. The van der Waals surface area contributed by atoms with E-state index in [9.17, 15) is 18.0 Å². The Hall–Kier alpha value is -2.57. The predicted molar refractivity (Wildman–Crippen MR) is 101 cm³/mol. The van der Waals surface area contributed by atoms with Crippen molar-refractivity contribution in [3.05, 3.63) is 46.8 Å². The molecule has 148 valence electrons. The zero-order chi connectivity index (χ0) is 20.3. The second-order valence-electron chi connectivity index (χ2n) is 6.68. The average molecular weight is 409 g/mol. The van der Waals surface area contributed by atoms with Gasteiger partial charge in [-0.3, -0.25) is 4.79 Å². The lowest BCUT2D eigenvalue weighted by atomic mass is 10.1. The van der Waals surface area contributed by atoms with Crippen LogP contribution in [0.1, 0.15) is 18.1 Å². The monoisotopic (exact) mass is 409 g/mol. The van der Waals surface area contributed by atoms with Crippen LogP contribution in [-0.2, 0) is 11.0 Å². The summed E-state index contributed by atoms with van der Waals surface area (Å²) in [5.41, 5.74) is 0.329. The molecule has 1 fully saturated rings. The van der Waals surface area contributed by atoms with Gasteiger partial charge in [0.05, 0.1) is 37.3 Å². The van der Waals surface area contributed by atoms with E-state index in [1.165, 1.54) is 23.5 Å². The number of hydrogen-bond acceptors (Lipinski definition) is 4. The van der Waals surface area contributed by atoms with Crippen molar-refractivity contribution in [2.75, 3.05) is 36.4 Å². The highest BCUT2D eigenvalue weighted by Gasteiger charge is 2.33. The summed E-state index contributed by atoms with van der Waals surface area (Å²) in [6, 6.07) is 8.71. The molecule has 3 rings (SSSR count). The summed E-state index contributed by atoms with van der Waals surface area (Å²) in [6.07, 6.45) is -4.36. The normalized spacial score (nSPS) is 16.5. The molecule has 2 heterocycles. The molecule has 0 radical (unpaired) electrons. The molecular formula is C19H20F3N4OS+. The molecule has 0 aliphatic carbocycles. The van der Waals surface area contributed by atoms with Crippen molar-refractivity contribution in [3.8, 4) is 6.07 Å². The van der Waals surface area contributed by atoms with E-state index in [4.69, 9.17) is 5.26 Å². The van der Waals surface area contributed by atoms with Crippen LogP contribution in [0.25, 0.3) is 0 Å². The second-order valence-corrected chi connectivity index (χ2v) is 7.60. The zero-order valence-corrected chi connectivity index (χ0v) is 16.0. The fourth-order valence-electron chi connectivity index (χ4n) is 3.26. The van der Waals surface area contributed by atoms with Crippen LogP contribution in [0, 0.1) is 11.3 Å². The number of carbonyl (C=O) groups excluding carboxylic acids is 1. The standard InChI is InChI=1S/C19H19F3N4OS/c1-13(17(27)24-18-14(12-23)5-10-28-18)25-6-8-26(9-7-25)16-4-2-3-15(11-16)19(20,21)22/h2-5,10-11,13H,6-9H2,1H3,(H,24,27)/p+1/t13-/m1/s1. The highest BCUT2D eigenvalue weighted by atomic mass is 32.1. The van der Waals surface area contributed by atoms with Gasteiger partial charge in [0.1, 0.15) is 11.1 Å². The maximum absolute atomic E-state index is 12.9. The maximum atomic E-state index is 12.9. The van der Waals surface area contributed by atoms with Gasteiger partial charge < -0.3 is 15.1 Å². The van der Waals surface area contributed by atoms with Crippen molar-refractivity contribution in [1.29, 1.82) is 5.26 Å². The van der Waals surface area contributed by atoms with E-state index >= 15 is 0 Å². The molecule has 1 amide bonds. The number of thiophene rings is 1. The molecule has 1 saturated heterocycles. The number of halogens is 3. The molecule has 1 aliphatic rings. The van der Waals surface area contributed by atoms with Crippen molar-refractivity contribution in [2.45, 2.75) is 19.1 Å². The van der Waals surface area contributed by atoms with Crippen molar-refractivity contribution >= 4 is 27.9 Å². The lowest BCUT2D eigenvalue weighted by molar-refractivity contribution is -0.914. The Morgan fingerprint density at radius 3 is 2.68 bits per heavy atom. The van der Waals surface area contributed by atoms with Gasteiger partial charge in [-0.1, -0.05) is 6.07 Å². The molecule has 1 aromatic heterocycles. The Morgan fingerprint density at radius 1 is 1.32 bits per heavy atom. The van der Waals surface area contributed by atoms with Crippen LogP contribution in [0.5, 0.6) is 0 Å². The van der Waals surface area contributed by atoms with Gasteiger partial charge in [0.15, 0.2) is 6.04 Å². The van der Waals surface area contributed by atoms with E-state index in [-0.39, 0.29) is 11.9 Å². The molecule has 1 atom stereocenters. The predicted octanol–water partition coefficient (Wildman–Crippen LogP) is 2.37. The minimum absolute atomic E-state index is 0.165. The fraction of sp³-hybridized carbons (Fsp3) is 0.368. The quantitative estimate of drug-likeness (QED) is 0.815. The Balaban J connectivity index is 1.59. The highest BCUT2D eigenvalue weighted by Crippen LogP contribution is 2.31. The zero-order valence-electron chi connectivity index (χ0n) is 15.2. The topological polar surface area (TPSA) is 60.6 Å². The molecule has 9 heteroatoms. The Labute approximate surface area is 165 Å². The van der Waals surface area contributed by atoms with E-state index in [1.807, 2.05) is 17.9 Å². The first kappa shape index (κ1) is 20.2. The molecular weight excluding hydrogens is 389 g/mol. The van der Waals surface area contributed by atoms with E-state index < -0.39 is 11.7 Å². The Morgan fingerprint density at radius 2 is 2.04 bits per heavy atom. The van der Waals surface area contributed by atoms with Crippen LogP contribution in [0.15, 0.2) is 35.7 Å². The Kier molecular flexibility index (Phi) is 5.91. The molecule has 0 saturated carbocycles. The molecule has 0 spiro atoms. The number of nitrogens with one attached hydrogen (secondary N) is 2. The highest BCUT2D eigenvalue weighted by molar-refractivity contribution is 7.14.